The minimum Gasteiger partial charge on any atom is -0.374 e. The van der Waals surface area contributed by atoms with Gasteiger partial charge >= 0.3 is 0 Å². The summed E-state index contributed by atoms with van der Waals surface area (Å²) in [5, 5.41) is 10.9. The molecule has 0 aliphatic carbocycles. The van der Waals surface area contributed by atoms with E-state index in [0.717, 1.165) is 0 Å². The highest BCUT2D eigenvalue weighted by atomic mass is 32.2. The number of nitrogens with one attached hydrogen (secondary N) is 2. The molecule has 7 heteroatoms. The molecule has 0 aliphatic rings. The molecule has 0 aliphatic heterocycles. The number of sulfonamides is 1. The molecule has 112 valence electrons. The van der Waals surface area contributed by atoms with Crippen LogP contribution in [-0.4, -0.2) is 25.9 Å². The first-order chi connectivity index (χ1) is 8.99. The Balaban J connectivity index is 2.72. The van der Waals surface area contributed by atoms with Crippen LogP contribution in [0.5, 0.6) is 0 Å². The molecule has 1 amide bonds. The van der Waals surface area contributed by atoms with E-state index in [1.165, 1.54) is 12.1 Å². The second kappa shape index (κ2) is 5.80. The Morgan fingerprint density at radius 2 is 1.70 bits per heavy atom. The maximum absolute atomic E-state index is 11.9. The van der Waals surface area contributed by atoms with E-state index in [1.807, 2.05) is 20.8 Å². The lowest BCUT2D eigenvalue weighted by Crippen LogP contribution is -2.47. The van der Waals surface area contributed by atoms with Gasteiger partial charge in [0, 0.05) is 11.2 Å². The summed E-state index contributed by atoms with van der Waals surface area (Å²) in [6, 6.07) is 5.49. The van der Waals surface area contributed by atoms with Crippen LogP contribution in [0.2, 0.25) is 0 Å². The maximum atomic E-state index is 11.9. The Hall–Kier alpha value is -1.60. The lowest BCUT2D eigenvalue weighted by atomic mass is 10.1. The third kappa shape index (κ3) is 5.18. The number of benzene rings is 1. The monoisotopic (exact) mass is 299 g/mol. The van der Waals surface area contributed by atoms with Gasteiger partial charge in [-0.2, -0.15) is 0 Å². The molecule has 20 heavy (non-hydrogen) atoms. The fourth-order valence-corrected chi connectivity index (χ4v) is 2.05. The molecule has 0 aromatic heterocycles. The summed E-state index contributed by atoms with van der Waals surface area (Å²) < 4.78 is 22.2. The van der Waals surface area contributed by atoms with Crippen molar-refractivity contribution in [2.75, 3.05) is 5.32 Å². The SMILES string of the molecule is CC(Nc1ccc(S(N)(=O)=O)cc1)C(=O)NC(C)(C)C. The van der Waals surface area contributed by atoms with Gasteiger partial charge in [0.05, 0.1) is 4.90 Å². The molecule has 0 saturated carbocycles. The van der Waals surface area contributed by atoms with E-state index in [9.17, 15) is 13.2 Å². The molecule has 0 saturated heterocycles. The quantitative estimate of drug-likeness (QED) is 0.773. The molecule has 0 spiro atoms. The minimum absolute atomic E-state index is 0.0369. The Morgan fingerprint density at radius 3 is 2.10 bits per heavy atom. The molecule has 1 aromatic carbocycles. The molecular weight excluding hydrogens is 278 g/mol. The van der Waals surface area contributed by atoms with Crippen molar-refractivity contribution in [3.05, 3.63) is 24.3 Å². The van der Waals surface area contributed by atoms with Crippen molar-refractivity contribution < 1.29 is 13.2 Å². The van der Waals surface area contributed by atoms with Gasteiger partial charge in [-0.15, -0.1) is 0 Å². The third-order valence-corrected chi connectivity index (χ3v) is 3.39. The average Bonchev–Trinajstić information content (AvgIpc) is 2.26. The van der Waals surface area contributed by atoms with E-state index < -0.39 is 16.1 Å². The number of hydrogen-bond acceptors (Lipinski definition) is 4. The molecule has 1 unspecified atom stereocenters. The van der Waals surface area contributed by atoms with Gasteiger partial charge in [-0.05, 0) is 52.0 Å². The number of amides is 1. The van der Waals surface area contributed by atoms with Crippen LogP contribution in [0, 0.1) is 0 Å². The molecule has 1 aromatic rings. The highest BCUT2D eigenvalue weighted by Crippen LogP contribution is 2.14. The van der Waals surface area contributed by atoms with Crippen LogP contribution in [0.3, 0.4) is 0 Å². The Labute approximate surface area is 119 Å². The smallest absolute Gasteiger partial charge is 0.242 e. The number of hydrogen-bond donors (Lipinski definition) is 3. The predicted molar refractivity (Wildman–Crippen MR) is 78.8 cm³/mol. The zero-order valence-corrected chi connectivity index (χ0v) is 12.9. The Kier molecular flexibility index (Phi) is 4.77. The number of carbonyl (C=O) groups is 1. The summed E-state index contributed by atoms with van der Waals surface area (Å²) in [6.45, 7) is 7.43. The lowest BCUT2D eigenvalue weighted by Gasteiger charge is -2.24. The van der Waals surface area contributed by atoms with E-state index in [4.69, 9.17) is 5.14 Å². The van der Waals surface area contributed by atoms with Crippen LogP contribution in [0.25, 0.3) is 0 Å². The summed E-state index contributed by atoms with van der Waals surface area (Å²) in [7, 11) is -3.70. The fraction of sp³-hybridized carbons (Fsp3) is 0.462. The minimum atomic E-state index is -3.70. The predicted octanol–water partition coefficient (Wildman–Crippen LogP) is 1.05. The molecule has 1 rings (SSSR count). The van der Waals surface area contributed by atoms with Crippen molar-refractivity contribution in [1.82, 2.24) is 5.32 Å². The molecule has 6 nitrogen and oxygen atoms in total. The molecular formula is C13H21N3O3S. The maximum Gasteiger partial charge on any atom is 0.242 e. The number of nitrogens with two attached hydrogens (primary N) is 1. The van der Waals surface area contributed by atoms with Crippen LogP contribution in [0.1, 0.15) is 27.7 Å². The topological polar surface area (TPSA) is 101 Å². The standard InChI is InChI=1S/C13H21N3O3S/c1-9(12(17)16-13(2,3)4)15-10-5-7-11(8-6-10)20(14,18)19/h5-9,15H,1-4H3,(H,16,17)(H2,14,18,19). The van der Waals surface area contributed by atoms with Gasteiger partial charge in [0.15, 0.2) is 0 Å². The van der Waals surface area contributed by atoms with E-state index in [0.29, 0.717) is 5.69 Å². The Morgan fingerprint density at radius 1 is 1.20 bits per heavy atom. The number of carbonyl (C=O) groups excluding carboxylic acids is 1. The van der Waals surface area contributed by atoms with Crippen LogP contribution < -0.4 is 15.8 Å². The first-order valence-electron chi connectivity index (χ1n) is 6.20. The van der Waals surface area contributed by atoms with E-state index in [2.05, 4.69) is 10.6 Å². The van der Waals surface area contributed by atoms with Crippen molar-refractivity contribution in [3.8, 4) is 0 Å². The van der Waals surface area contributed by atoms with E-state index in [1.54, 1.807) is 19.1 Å². The Bertz CT molecular complexity index is 574. The van der Waals surface area contributed by atoms with Crippen LogP contribution in [0.15, 0.2) is 29.2 Å². The highest BCUT2D eigenvalue weighted by molar-refractivity contribution is 7.89. The first kappa shape index (κ1) is 16.5. The second-order valence-corrected chi connectivity index (χ2v) is 7.24. The molecule has 4 N–H and O–H groups in total. The molecule has 0 bridgehead atoms. The van der Waals surface area contributed by atoms with Gasteiger partial charge in [-0.1, -0.05) is 0 Å². The van der Waals surface area contributed by atoms with Crippen molar-refractivity contribution in [2.45, 2.75) is 44.2 Å². The largest absolute Gasteiger partial charge is 0.374 e. The van der Waals surface area contributed by atoms with Crippen molar-refractivity contribution in [3.63, 3.8) is 0 Å². The second-order valence-electron chi connectivity index (χ2n) is 5.67. The van der Waals surface area contributed by atoms with Gasteiger partial charge < -0.3 is 10.6 Å². The number of anilines is 1. The molecule has 0 heterocycles. The highest BCUT2D eigenvalue weighted by Gasteiger charge is 2.19. The lowest BCUT2D eigenvalue weighted by molar-refractivity contribution is -0.122. The number of rotatable bonds is 4. The van der Waals surface area contributed by atoms with Gasteiger partial charge in [0.25, 0.3) is 0 Å². The van der Waals surface area contributed by atoms with Crippen LogP contribution in [0.4, 0.5) is 5.69 Å². The molecule has 0 fully saturated rings. The summed E-state index contributed by atoms with van der Waals surface area (Å²) in [6.07, 6.45) is 0. The third-order valence-electron chi connectivity index (χ3n) is 2.46. The van der Waals surface area contributed by atoms with Gasteiger partial charge in [-0.3, -0.25) is 4.79 Å². The van der Waals surface area contributed by atoms with Gasteiger partial charge in [0.2, 0.25) is 15.9 Å². The fourth-order valence-electron chi connectivity index (χ4n) is 1.53. The van der Waals surface area contributed by atoms with Crippen molar-refractivity contribution in [1.29, 1.82) is 0 Å². The van der Waals surface area contributed by atoms with Crippen LogP contribution >= 0.6 is 0 Å². The number of primary sulfonamides is 1. The molecule has 1 atom stereocenters. The van der Waals surface area contributed by atoms with E-state index in [-0.39, 0.29) is 16.3 Å². The van der Waals surface area contributed by atoms with Gasteiger partial charge in [-0.25, -0.2) is 13.6 Å². The summed E-state index contributed by atoms with van der Waals surface area (Å²) in [4.78, 5) is 11.9. The van der Waals surface area contributed by atoms with E-state index >= 15 is 0 Å². The normalized spacial score (nSPS) is 13.7. The summed E-state index contributed by atoms with van der Waals surface area (Å²) in [5.74, 6) is -0.131. The van der Waals surface area contributed by atoms with Crippen molar-refractivity contribution >= 4 is 21.6 Å². The van der Waals surface area contributed by atoms with Crippen LogP contribution in [-0.2, 0) is 14.8 Å². The zero-order chi connectivity index (χ0) is 15.6. The molecule has 0 radical (unpaired) electrons. The average molecular weight is 299 g/mol. The van der Waals surface area contributed by atoms with Gasteiger partial charge in [0.1, 0.15) is 6.04 Å². The van der Waals surface area contributed by atoms with Crippen molar-refractivity contribution in [2.24, 2.45) is 5.14 Å². The zero-order valence-electron chi connectivity index (χ0n) is 12.1. The first-order valence-corrected chi connectivity index (χ1v) is 7.75. The summed E-state index contributed by atoms with van der Waals surface area (Å²) in [5.41, 5.74) is 0.346. The summed E-state index contributed by atoms with van der Waals surface area (Å²) >= 11 is 0.